The smallest absolute Gasteiger partial charge is 0.123 e. The molecule has 0 fully saturated rings. The Labute approximate surface area is 120 Å². The van der Waals surface area contributed by atoms with Crippen LogP contribution in [0.15, 0.2) is 24.3 Å². The van der Waals surface area contributed by atoms with E-state index in [0.717, 1.165) is 18.7 Å². The van der Waals surface area contributed by atoms with Gasteiger partial charge in [-0.25, -0.2) is 4.39 Å². The maximum absolute atomic E-state index is 13.1. The van der Waals surface area contributed by atoms with Crippen molar-refractivity contribution in [2.75, 3.05) is 40.5 Å². The molecule has 0 aliphatic carbocycles. The second kappa shape index (κ2) is 9.02. The Morgan fingerprint density at radius 2 is 1.60 bits per heavy atom. The van der Waals surface area contributed by atoms with E-state index in [2.05, 4.69) is 4.90 Å². The van der Waals surface area contributed by atoms with Crippen LogP contribution in [-0.2, 0) is 9.47 Å². The van der Waals surface area contributed by atoms with Crippen LogP contribution in [0.5, 0.6) is 0 Å². The molecule has 1 aromatic rings. The molecule has 0 saturated heterocycles. The summed E-state index contributed by atoms with van der Waals surface area (Å²) in [5, 5.41) is 0. The second-order valence-corrected chi connectivity index (χ2v) is 4.88. The predicted octanol–water partition coefficient (Wildman–Crippen LogP) is 1.81. The van der Waals surface area contributed by atoms with Crippen LogP contribution in [0, 0.1) is 5.82 Å². The van der Waals surface area contributed by atoms with Crippen molar-refractivity contribution in [1.29, 1.82) is 0 Å². The van der Waals surface area contributed by atoms with Gasteiger partial charge >= 0.3 is 0 Å². The van der Waals surface area contributed by atoms with Crippen molar-refractivity contribution in [3.8, 4) is 0 Å². The molecule has 0 aliphatic rings. The molecule has 1 aromatic carbocycles. The van der Waals surface area contributed by atoms with Crippen molar-refractivity contribution in [3.05, 3.63) is 35.6 Å². The third-order valence-electron chi connectivity index (χ3n) is 3.27. The third-order valence-corrected chi connectivity index (χ3v) is 3.27. The van der Waals surface area contributed by atoms with Gasteiger partial charge in [0.05, 0.1) is 13.2 Å². The average Bonchev–Trinajstić information content (AvgIpc) is 2.43. The number of hydrogen-bond donors (Lipinski definition) is 1. The number of halogens is 1. The quantitative estimate of drug-likeness (QED) is 0.751. The molecule has 0 aliphatic heterocycles. The highest BCUT2D eigenvalue weighted by atomic mass is 19.1. The third kappa shape index (κ3) is 5.17. The highest BCUT2D eigenvalue weighted by Gasteiger charge is 2.23. The van der Waals surface area contributed by atoms with Crippen molar-refractivity contribution in [2.45, 2.75) is 19.0 Å². The van der Waals surface area contributed by atoms with Gasteiger partial charge < -0.3 is 15.2 Å². The van der Waals surface area contributed by atoms with Gasteiger partial charge in [-0.15, -0.1) is 0 Å². The van der Waals surface area contributed by atoms with Crippen molar-refractivity contribution in [3.63, 3.8) is 0 Å². The fourth-order valence-electron chi connectivity index (χ4n) is 2.31. The first-order chi connectivity index (χ1) is 9.60. The van der Waals surface area contributed by atoms with Crippen LogP contribution >= 0.6 is 0 Å². The maximum Gasteiger partial charge on any atom is 0.123 e. The minimum atomic E-state index is -0.238. The molecule has 4 nitrogen and oxygen atoms in total. The van der Waals surface area contributed by atoms with Gasteiger partial charge in [-0.2, -0.15) is 0 Å². The Morgan fingerprint density at radius 1 is 1.10 bits per heavy atom. The zero-order valence-corrected chi connectivity index (χ0v) is 12.5. The Kier molecular flexibility index (Phi) is 7.69. The molecule has 114 valence electrons. The molecule has 0 heterocycles. The van der Waals surface area contributed by atoms with E-state index in [1.807, 2.05) is 6.92 Å². The van der Waals surface area contributed by atoms with Crippen LogP contribution in [0.3, 0.4) is 0 Å². The number of ether oxygens (including phenoxy) is 2. The summed E-state index contributed by atoms with van der Waals surface area (Å²) in [5.74, 6) is -0.238. The molecular weight excluding hydrogens is 259 g/mol. The van der Waals surface area contributed by atoms with Crippen LogP contribution in [0.1, 0.15) is 18.5 Å². The summed E-state index contributed by atoms with van der Waals surface area (Å²) >= 11 is 0. The summed E-state index contributed by atoms with van der Waals surface area (Å²) in [6, 6.07) is 6.45. The molecule has 0 spiro atoms. The lowest BCUT2D eigenvalue weighted by atomic mass is 9.99. The summed E-state index contributed by atoms with van der Waals surface area (Å²) in [5.41, 5.74) is 7.14. The summed E-state index contributed by atoms with van der Waals surface area (Å²) in [6.45, 7) is 4.70. The van der Waals surface area contributed by atoms with Crippen LogP contribution in [0.4, 0.5) is 4.39 Å². The monoisotopic (exact) mass is 284 g/mol. The first-order valence-electron chi connectivity index (χ1n) is 6.83. The van der Waals surface area contributed by atoms with E-state index in [-0.39, 0.29) is 17.9 Å². The molecule has 0 bridgehead atoms. The number of hydrogen-bond acceptors (Lipinski definition) is 4. The lowest BCUT2D eigenvalue weighted by Gasteiger charge is -2.34. The highest BCUT2D eigenvalue weighted by molar-refractivity contribution is 5.21. The molecule has 2 N–H and O–H groups in total. The topological polar surface area (TPSA) is 47.7 Å². The van der Waals surface area contributed by atoms with E-state index in [0.29, 0.717) is 13.2 Å². The largest absolute Gasteiger partial charge is 0.383 e. The maximum atomic E-state index is 13.1. The number of benzene rings is 1. The van der Waals surface area contributed by atoms with E-state index in [4.69, 9.17) is 15.2 Å². The number of rotatable bonds is 9. The van der Waals surface area contributed by atoms with E-state index >= 15 is 0 Å². The number of nitrogens with two attached hydrogens (primary N) is 1. The van der Waals surface area contributed by atoms with Gasteiger partial charge in [-0.05, 0) is 24.6 Å². The average molecular weight is 284 g/mol. The Hall–Kier alpha value is -1.01. The Bertz CT molecular complexity index is 363. The molecule has 0 saturated carbocycles. The van der Waals surface area contributed by atoms with Crippen molar-refractivity contribution < 1.29 is 13.9 Å². The van der Waals surface area contributed by atoms with Crippen LogP contribution in [0.2, 0.25) is 0 Å². The van der Waals surface area contributed by atoms with Crippen LogP contribution in [-0.4, -0.2) is 51.5 Å². The summed E-state index contributed by atoms with van der Waals surface area (Å²) in [7, 11) is 3.35. The highest BCUT2D eigenvalue weighted by Crippen LogP contribution is 2.23. The van der Waals surface area contributed by atoms with E-state index in [1.165, 1.54) is 12.1 Å². The Balaban J connectivity index is 2.90. The predicted molar refractivity (Wildman–Crippen MR) is 78.1 cm³/mol. The van der Waals surface area contributed by atoms with Gasteiger partial charge in [0.1, 0.15) is 5.82 Å². The zero-order valence-electron chi connectivity index (χ0n) is 12.5. The molecule has 20 heavy (non-hydrogen) atoms. The lowest BCUT2D eigenvalue weighted by molar-refractivity contribution is 0.0800. The molecular formula is C15H25FN2O2. The van der Waals surface area contributed by atoms with Gasteiger partial charge in [0.15, 0.2) is 0 Å². The fraction of sp³-hybridized carbons (Fsp3) is 0.600. The molecule has 1 rings (SSSR count). The minimum absolute atomic E-state index is 0.0147. The van der Waals surface area contributed by atoms with Gasteiger partial charge in [-0.1, -0.05) is 12.1 Å². The standard InChI is InChI=1S/C15H25FN2O2/c1-12(17)15(13-4-6-14(16)7-5-13)18(8-10-19-2)9-11-20-3/h4-7,12,15H,8-11,17H2,1-3H3. The first-order valence-corrected chi connectivity index (χ1v) is 6.83. The fourth-order valence-corrected chi connectivity index (χ4v) is 2.31. The number of nitrogens with zero attached hydrogens (tertiary/aromatic N) is 1. The van der Waals surface area contributed by atoms with Gasteiger partial charge in [0, 0.05) is 39.4 Å². The second-order valence-electron chi connectivity index (χ2n) is 4.88. The summed E-state index contributed by atoms with van der Waals surface area (Å²) in [6.07, 6.45) is 0. The molecule has 0 radical (unpaired) electrons. The van der Waals surface area contributed by atoms with Crippen LogP contribution in [0.25, 0.3) is 0 Å². The minimum Gasteiger partial charge on any atom is -0.383 e. The van der Waals surface area contributed by atoms with Gasteiger partial charge in [0.2, 0.25) is 0 Å². The van der Waals surface area contributed by atoms with Crippen molar-refractivity contribution in [1.82, 2.24) is 4.90 Å². The van der Waals surface area contributed by atoms with Gasteiger partial charge in [-0.3, -0.25) is 4.90 Å². The van der Waals surface area contributed by atoms with Crippen molar-refractivity contribution in [2.24, 2.45) is 5.73 Å². The molecule has 0 aromatic heterocycles. The number of methoxy groups -OCH3 is 2. The van der Waals surface area contributed by atoms with E-state index < -0.39 is 0 Å². The molecule has 2 unspecified atom stereocenters. The lowest BCUT2D eigenvalue weighted by Crippen LogP contribution is -2.42. The summed E-state index contributed by atoms with van der Waals surface area (Å²) in [4.78, 5) is 2.21. The first kappa shape index (κ1) is 17.0. The molecule has 0 amide bonds. The zero-order chi connectivity index (χ0) is 15.0. The Morgan fingerprint density at radius 3 is 2.00 bits per heavy atom. The molecule has 2 atom stereocenters. The van der Waals surface area contributed by atoms with E-state index in [9.17, 15) is 4.39 Å². The SMILES string of the molecule is COCCN(CCOC)C(c1ccc(F)cc1)C(C)N. The summed E-state index contributed by atoms with van der Waals surface area (Å²) < 4.78 is 23.4. The van der Waals surface area contributed by atoms with E-state index in [1.54, 1.807) is 26.4 Å². The van der Waals surface area contributed by atoms with Crippen LogP contribution < -0.4 is 5.73 Å². The van der Waals surface area contributed by atoms with Crippen molar-refractivity contribution >= 4 is 0 Å². The normalized spacial score (nSPS) is 14.5. The molecule has 5 heteroatoms. The van der Waals surface area contributed by atoms with Gasteiger partial charge in [0.25, 0.3) is 0 Å².